The van der Waals surface area contributed by atoms with E-state index in [1.165, 1.54) is 6.42 Å². The molecule has 19 heavy (non-hydrogen) atoms. The van der Waals surface area contributed by atoms with E-state index < -0.39 is 5.60 Å². The fraction of sp³-hybridized carbons (Fsp3) is 0.500. The number of halogens is 1. The summed E-state index contributed by atoms with van der Waals surface area (Å²) < 4.78 is 5.85. The third-order valence-electron chi connectivity index (χ3n) is 4.36. The molecular weight excluding hydrogens is 260 g/mol. The van der Waals surface area contributed by atoms with Crippen LogP contribution in [0.3, 0.4) is 0 Å². The molecular formula is C16H19ClO2. The second-order valence-corrected chi connectivity index (χ2v) is 6.08. The van der Waals surface area contributed by atoms with Crippen LogP contribution >= 0.6 is 11.6 Å². The summed E-state index contributed by atoms with van der Waals surface area (Å²) in [4.78, 5) is 0. The van der Waals surface area contributed by atoms with Crippen molar-refractivity contribution in [2.45, 2.75) is 44.6 Å². The van der Waals surface area contributed by atoms with Gasteiger partial charge in [-0.2, -0.15) is 0 Å². The Morgan fingerprint density at radius 1 is 1.47 bits per heavy atom. The first kappa shape index (κ1) is 13.0. The molecule has 3 rings (SSSR count). The van der Waals surface area contributed by atoms with Gasteiger partial charge in [0.25, 0.3) is 0 Å². The second kappa shape index (κ2) is 4.84. The van der Waals surface area contributed by atoms with Gasteiger partial charge >= 0.3 is 0 Å². The summed E-state index contributed by atoms with van der Waals surface area (Å²) in [6.45, 7) is 2.19. The van der Waals surface area contributed by atoms with E-state index in [0.717, 1.165) is 31.1 Å². The van der Waals surface area contributed by atoms with Crippen LogP contribution in [-0.4, -0.2) is 5.11 Å². The Morgan fingerprint density at radius 2 is 2.32 bits per heavy atom. The van der Waals surface area contributed by atoms with Crippen molar-refractivity contribution in [2.24, 2.45) is 5.92 Å². The van der Waals surface area contributed by atoms with Crippen LogP contribution < -0.4 is 0 Å². The molecule has 1 aromatic carbocycles. The third-order valence-corrected chi connectivity index (χ3v) is 4.66. The van der Waals surface area contributed by atoms with Crippen molar-refractivity contribution in [1.82, 2.24) is 0 Å². The van der Waals surface area contributed by atoms with E-state index in [-0.39, 0.29) is 0 Å². The van der Waals surface area contributed by atoms with Crippen molar-refractivity contribution < 1.29 is 9.52 Å². The fourth-order valence-corrected chi connectivity index (χ4v) is 3.41. The highest BCUT2D eigenvalue weighted by molar-refractivity contribution is 6.34. The molecule has 1 saturated carbocycles. The van der Waals surface area contributed by atoms with E-state index in [1.54, 1.807) is 0 Å². The van der Waals surface area contributed by atoms with Crippen LogP contribution in [0.5, 0.6) is 0 Å². The number of furan rings is 1. The number of rotatable bonds is 2. The molecule has 2 aromatic rings. The maximum Gasteiger partial charge on any atom is 0.153 e. The summed E-state index contributed by atoms with van der Waals surface area (Å²) in [5.74, 6) is 1.26. The van der Waals surface area contributed by atoms with Gasteiger partial charge in [-0.25, -0.2) is 0 Å². The van der Waals surface area contributed by atoms with Crippen LogP contribution in [0.2, 0.25) is 5.02 Å². The lowest BCUT2D eigenvalue weighted by Crippen LogP contribution is -2.32. The molecule has 0 radical (unpaired) electrons. The molecule has 2 unspecified atom stereocenters. The quantitative estimate of drug-likeness (QED) is 0.850. The van der Waals surface area contributed by atoms with Crippen molar-refractivity contribution in [3.05, 3.63) is 35.0 Å². The molecule has 0 bridgehead atoms. The minimum atomic E-state index is -0.818. The highest BCUT2D eigenvalue weighted by atomic mass is 35.5. The van der Waals surface area contributed by atoms with Crippen molar-refractivity contribution in [1.29, 1.82) is 0 Å². The van der Waals surface area contributed by atoms with Crippen LogP contribution in [-0.2, 0) is 5.60 Å². The molecule has 2 nitrogen and oxygen atoms in total. The lowest BCUT2D eigenvalue weighted by Gasteiger charge is -2.34. The van der Waals surface area contributed by atoms with Gasteiger partial charge in [-0.05, 0) is 37.3 Å². The standard InChI is InChI=1S/C16H19ClO2/c1-2-11-5-4-8-16(18,10-11)14-9-12-6-3-7-13(17)15(12)19-14/h3,6-7,9,11,18H,2,4-5,8,10H2,1H3. The van der Waals surface area contributed by atoms with Crippen molar-refractivity contribution in [3.63, 3.8) is 0 Å². The first-order valence-corrected chi connectivity index (χ1v) is 7.41. The fourth-order valence-electron chi connectivity index (χ4n) is 3.19. The van der Waals surface area contributed by atoms with E-state index in [2.05, 4.69) is 6.92 Å². The monoisotopic (exact) mass is 278 g/mol. The smallest absolute Gasteiger partial charge is 0.153 e. The van der Waals surface area contributed by atoms with Gasteiger partial charge in [-0.15, -0.1) is 0 Å². The van der Waals surface area contributed by atoms with Crippen molar-refractivity contribution >= 4 is 22.6 Å². The SMILES string of the molecule is CCC1CCCC(O)(c2cc3cccc(Cl)c3o2)C1. The lowest BCUT2D eigenvalue weighted by molar-refractivity contribution is -0.0379. The molecule has 3 heteroatoms. The Kier molecular flexibility index (Phi) is 3.32. The number of hydrogen-bond donors (Lipinski definition) is 1. The lowest BCUT2D eigenvalue weighted by atomic mass is 9.76. The van der Waals surface area contributed by atoms with Gasteiger partial charge in [0.2, 0.25) is 0 Å². The zero-order chi connectivity index (χ0) is 13.5. The van der Waals surface area contributed by atoms with Crippen molar-refractivity contribution in [2.75, 3.05) is 0 Å². The van der Waals surface area contributed by atoms with Gasteiger partial charge in [0.05, 0.1) is 5.02 Å². The van der Waals surface area contributed by atoms with Crippen LogP contribution in [0.1, 0.15) is 44.8 Å². The van der Waals surface area contributed by atoms with E-state index in [1.807, 2.05) is 24.3 Å². The minimum Gasteiger partial charge on any atom is -0.456 e. The molecule has 0 spiro atoms. The number of fused-ring (bicyclic) bond motifs is 1. The first-order chi connectivity index (χ1) is 9.12. The van der Waals surface area contributed by atoms with Gasteiger partial charge in [0, 0.05) is 5.39 Å². The van der Waals surface area contributed by atoms with Crippen molar-refractivity contribution in [3.8, 4) is 0 Å². The van der Waals surface area contributed by atoms with Crippen LogP contribution in [0, 0.1) is 5.92 Å². The highest BCUT2D eigenvalue weighted by Crippen LogP contribution is 2.43. The summed E-state index contributed by atoms with van der Waals surface area (Å²) in [5.41, 5.74) is -0.132. The van der Waals surface area contributed by atoms with Gasteiger partial charge in [-0.3, -0.25) is 0 Å². The molecule has 1 fully saturated rings. The maximum atomic E-state index is 10.9. The van der Waals surface area contributed by atoms with E-state index in [4.69, 9.17) is 16.0 Å². The summed E-state index contributed by atoms with van der Waals surface area (Å²) in [6, 6.07) is 7.64. The molecule has 1 aliphatic rings. The maximum absolute atomic E-state index is 10.9. The molecule has 1 aromatic heterocycles. The normalized spacial score (nSPS) is 27.8. The molecule has 1 N–H and O–H groups in total. The first-order valence-electron chi connectivity index (χ1n) is 7.03. The zero-order valence-electron chi connectivity index (χ0n) is 11.2. The zero-order valence-corrected chi connectivity index (χ0v) is 11.9. The minimum absolute atomic E-state index is 0.586. The van der Waals surface area contributed by atoms with Gasteiger partial charge in [-0.1, -0.05) is 43.5 Å². The predicted octanol–water partition coefficient (Wildman–Crippen LogP) is 4.87. The largest absolute Gasteiger partial charge is 0.456 e. The molecule has 1 aliphatic carbocycles. The Bertz CT molecular complexity index is 589. The van der Waals surface area contributed by atoms with E-state index in [0.29, 0.717) is 22.3 Å². The number of hydrogen-bond acceptors (Lipinski definition) is 2. The number of para-hydroxylation sites is 1. The number of aliphatic hydroxyl groups is 1. The Hall–Kier alpha value is -0.990. The van der Waals surface area contributed by atoms with E-state index >= 15 is 0 Å². The molecule has 2 atom stereocenters. The van der Waals surface area contributed by atoms with Gasteiger partial charge in [0.1, 0.15) is 11.4 Å². The molecule has 0 saturated heterocycles. The third kappa shape index (κ3) is 2.28. The Balaban J connectivity index is 2.01. The van der Waals surface area contributed by atoms with Crippen LogP contribution in [0.4, 0.5) is 0 Å². The summed E-state index contributed by atoms with van der Waals surface area (Å²) >= 11 is 6.14. The topological polar surface area (TPSA) is 33.4 Å². The number of benzene rings is 1. The molecule has 102 valence electrons. The van der Waals surface area contributed by atoms with E-state index in [9.17, 15) is 5.11 Å². The average molecular weight is 279 g/mol. The summed E-state index contributed by atoms with van der Waals surface area (Å²) in [7, 11) is 0. The second-order valence-electron chi connectivity index (χ2n) is 5.67. The Labute approximate surface area is 118 Å². The predicted molar refractivity (Wildman–Crippen MR) is 77.4 cm³/mol. The van der Waals surface area contributed by atoms with Gasteiger partial charge in [0.15, 0.2) is 5.58 Å². The molecule has 0 amide bonds. The summed E-state index contributed by atoms with van der Waals surface area (Å²) in [6.07, 6.45) is 4.95. The molecule has 0 aliphatic heterocycles. The van der Waals surface area contributed by atoms with Crippen LogP contribution in [0.25, 0.3) is 11.0 Å². The molecule has 1 heterocycles. The van der Waals surface area contributed by atoms with Crippen LogP contribution in [0.15, 0.2) is 28.7 Å². The highest BCUT2D eigenvalue weighted by Gasteiger charge is 2.38. The average Bonchev–Trinajstić information content (AvgIpc) is 2.85. The Morgan fingerprint density at radius 3 is 3.05 bits per heavy atom. The summed E-state index contributed by atoms with van der Waals surface area (Å²) in [5, 5.41) is 12.5. The van der Waals surface area contributed by atoms with Gasteiger partial charge < -0.3 is 9.52 Å².